The molecule has 0 aromatic carbocycles. The first-order valence-electron chi connectivity index (χ1n) is 4.93. The second-order valence-electron chi connectivity index (χ2n) is 3.13. The first-order chi connectivity index (χ1) is 5.81. The van der Waals surface area contributed by atoms with Gasteiger partial charge in [0.15, 0.2) is 0 Å². The van der Waals surface area contributed by atoms with Crippen molar-refractivity contribution >= 4 is 5.78 Å². The van der Waals surface area contributed by atoms with Crippen LogP contribution in [0.4, 0.5) is 0 Å². The number of ketones is 1. The predicted octanol–water partition coefficient (Wildman–Crippen LogP) is 2.30. The number of carbonyl (C=O) groups is 1. The van der Waals surface area contributed by atoms with Crippen molar-refractivity contribution in [3.8, 4) is 0 Å². The molecule has 0 saturated carbocycles. The van der Waals surface area contributed by atoms with E-state index in [1.54, 1.807) is 0 Å². The minimum atomic E-state index is 0.299. The van der Waals surface area contributed by atoms with E-state index in [1.165, 1.54) is 0 Å². The molecule has 0 unspecified atom stereocenters. The van der Waals surface area contributed by atoms with Crippen LogP contribution in [0.3, 0.4) is 0 Å². The average molecular weight is 172 g/mol. The lowest BCUT2D eigenvalue weighted by Gasteiger charge is -1.98. The smallest absolute Gasteiger partial charge is 0.132 e. The van der Waals surface area contributed by atoms with Crippen LogP contribution in [-0.2, 0) is 4.79 Å². The van der Waals surface area contributed by atoms with Crippen LogP contribution in [0.1, 0.15) is 51.9 Å². The van der Waals surface area contributed by atoms with Crippen LogP contribution in [0.2, 0.25) is 0 Å². The first-order valence-corrected chi connectivity index (χ1v) is 4.93. The SMILES string of the molecule is CCC(=O)CCCCCCCO. The van der Waals surface area contributed by atoms with Crippen molar-refractivity contribution in [3.05, 3.63) is 0 Å². The Kier molecular flexibility index (Phi) is 8.46. The molecule has 0 atom stereocenters. The molecule has 0 rings (SSSR count). The third-order valence-electron chi connectivity index (χ3n) is 2.01. The lowest BCUT2D eigenvalue weighted by atomic mass is 10.1. The van der Waals surface area contributed by atoms with E-state index in [9.17, 15) is 4.79 Å². The third-order valence-corrected chi connectivity index (χ3v) is 2.01. The van der Waals surface area contributed by atoms with Crippen LogP contribution in [0, 0.1) is 0 Å². The molecule has 1 N–H and O–H groups in total. The Morgan fingerprint density at radius 1 is 1.08 bits per heavy atom. The molecule has 0 radical (unpaired) electrons. The molecule has 0 amide bonds. The molecule has 0 aromatic rings. The van der Waals surface area contributed by atoms with Gasteiger partial charge in [-0.2, -0.15) is 0 Å². The molecular weight excluding hydrogens is 152 g/mol. The van der Waals surface area contributed by atoms with Gasteiger partial charge >= 0.3 is 0 Å². The fourth-order valence-corrected chi connectivity index (χ4v) is 1.14. The first kappa shape index (κ1) is 11.6. The number of Topliss-reactive ketones (excluding diaryl/α,β-unsaturated/α-hetero) is 1. The topological polar surface area (TPSA) is 37.3 Å². The van der Waals surface area contributed by atoms with Crippen LogP contribution in [0.15, 0.2) is 0 Å². The molecule has 0 saturated heterocycles. The normalized spacial score (nSPS) is 10.2. The third kappa shape index (κ3) is 7.73. The molecule has 2 nitrogen and oxygen atoms in total. The number of aliphatic hydroxyl groups is 1. The summed E-state index contributed by atoms with van der Waals surface area (Å²) in [6, 6.07) is 0. The van der Waals surface area contributed by atoms with Gasteiger partial charge in [-0.05, 0) is 12.8 Å². The van der Waals surface area contributed by atoms with Crippen molar-refractivity contribution in [1.82, 2.24) is 0 Å². The van der Waals surface area contributed by atoms with E-state index >= 15 is 0 Å². The zero-order chi connectivity index (χ0) is 9.23. The lowest BCUT2D eigenvalue weighted by Crippen LogP contribution is -1.94. The number of hydrogen-bond acceptors (Lipinski definition) is 2. The maximum absolute atomic E-state index is 10.9. The second-order valence-corrected chi connectivity index (χ2v) is 3.13. The monoisotopic (exact) mass is 172 g/mol. The summed E-state index contributed by atoms with van der Waals surface area (Å²) >= 11 is 0. The minimum Gasteiger partial charge on any atom is -0.396 e. The molecule has 0 aliphatic carbocycles. The second kappa shape index (κ2) is 8.72. The van der Waals surface area contributed by atoms with Crippen LogP contribution in [0.25, 0.3) is 0 Å². The summed E-state index contributed by atoms with van der Waals surface area (Å²) in [5.74, 6) is 0.372. The van der Waals surface area contributed by atoms with Crippen LogP contribution in [0.5, 0.6) is 0 Å². The summed E-state index contributed by atoms with van der Waals surface area (Å²) in [6.45, 7) is 2.21. The van der Waals surface area contributed by atoms with Crippen molar-refractivity contribution in [3.63, 3.8) is 0 Å². The number of aliphatic hydroxyl groups excluding tert-OH is 1. The van der Waals surface area contributed by atoms with Crippen LogP contribution >= 0.6 is 0 Å². The molecule has 2 heteroatoms. The standard InChI is InChI=1S/C10H20O2/c1-2-10(12)8-6-4-3-5-7-9-11/h11H,2-9H2,1H3. The van der Waals surface area contributed by atoms with Crippen molar-refractivity contribution < 1.29 is 9.90 Å². The minimum absolute atomic E-state index is 0.299. The highest BCUT2D eigenvalue weighted by Crippen LogP contribution is 2.05. The van der Waals surface area contributed by atoms with Gasteiger partial charge in [0.25, 0.3) is 0 Å². The van der Waals surface area contributed by atoms with E-state index in [4.69, 9.17) is 5.11 Å². The summed E-state index contributed by atoms with van der Waals surface area (Å²) in [6.07, 6.45) is 6.73. The van der Waals surface area contributed by atoms with Gasteiger partial charge in [-0.3, -0.25) is 4.79 Å². The van der Waals surface area contributed by atoms with Crippen molar-refractivity contribution in [1.29, 1.82) is 0 Å². The summed E-state index contributed by atoms with van der Waals surface area (Å²) in [5, 5.41) is 8.49. The number of hydrogen-bond donors (Lipinski definition) is 1. The largest absolute Gasteiger partial charge is 0.396 e. The fourth-order valence-electron chi connectivity index (χ4n) is 1.14. The van der Waals surface area contributed by atoms with Gasteiger partial charge in [0.2, 0.25) is 0 Å². The molecule has 0 aliphatic rings. The number of rotatable bonds is 8. The summed E-state index contributed by atoms with van der Waals surface area (Å²) < 4.78 is 0. The summed E-state index contributed by atoms with van der Waals surface area (Å²) in [5.41, 5.74) is 0. The Bertz CT molecular complexity index is 110. The Morgan fingerprint density at radius 3 is 2.25 bits per heavy atom. The van der Waals surface area contributed by atoms with Gasteiger partial charge in [0, 0.05) is 19.4 Å². The van der Waals surface area contributed by atoms with E-state index in [2.05, 4.69) is 0 Å². The Labute approximate surface area is 75.0 Å². The van der Waals surface area contributed by atoms with Gasteiger partial charge in [-0.1, -0.05) is 26.2 Å². The fraction of sp³-hybridized carbons (Fsp3) is 0.900. The van der Waals surface area contributed by atoms with Gasteiger partial charge in [-0.25, -0.2) is 0 Å². The predicted molar refractivity (Wildman–Crippen MR) is 50.1 cm³/mol. The van der Waals surface area contributed by atoms with Gasteiger partial charge in [0.05, 0.1) is 0 Å². The Hall–Kier alpha value is -0.370. The van der Waals surface area contributed by atoms with E-state index in [-0.39, 0.29) is 0 Å². The highest BCUT2D eigenvalue weighted by molar-refractivity contribution is 5.77. The highest BCUT2D eigenvalue weighted by atomic mass is 16.2. The lowest BCUT2D eigenvalue weighted by molar-refractivity contribution is -0.118. The molecule has 0 heterocycles. The van der Waals surface area contributed by atoms with E-state index in [0.717, 1.165) is 38.5 Å². The number of unbranched alkanes of at least 4 members (excludes halogenated alkanes) is 4. The highest BCUT2D eigenvalue weighted by Gasteiger charge is 1.96. The maximum Gasteiger partial charge on any atom is 0.132 e. The molecule has 72 valence electrons. The summed E-state index contributed by atoms with van der Waals surface area (Å²) in [4.78, 5) is 10.9. The van der Waals surface area contributed by atoms with E-state index in [0.29, 0.717) is 18.8 Å². The van der Waals surface area contributed by atoms with Gasteiger partial charge < -0.3 is 5.11 Å². The number of carbonyl (C=O) groups excluding carboxylic acids is 1. The maximum atomic E-state index is 10.9. The molecule has 0 bridgehead atoms. The average Bonchev–Trinajstić information content (AvgIpc) is 2.10. The van der Waals surface area contributed by atoms with Crippen molar-refractivity contribution in [2.45, 2.75) is 51.9 Å². The van der Waals surface area contributed by atoms with Crippen molar-refractivity contribution in [2.24, 2.45) is 0 Å². The molecule has 0 aromatic heterocycles. The molecule has 12 heavy (non-hydrogen) atoms. The Balaban J connectivity index is 2.95. The molecule has 0 spiro atoms. The van der Waals surface area contributed by atoms with Crippen molar-refractivity contribution in [2.75, 3.05) is 6.61 Å². The zero-order valence-electron chi connectivity index (χ0n) is 8.01. The molecule has 0 fully saturated rings. The molecule has 0 aliphatic heterocycles. The summed E-state index contributed by atoms with van der Waals surface area (Å²) in [7, 11) is 0. The van der Waals surface area contributed by atoms with Gasteiger partial charge in [-0.15, -0.1) is 0 Å². The van der Waals surface area contributed by atoms with Crippen LogP contribution < -0.4 is 0 Å². The van der Waals surface area contributed by atoms with Crippen LogP contribution in [-0.4, -0.2) is 17.5 Å². The molecular formula is C10H20O2. The van der Waals surface area contributed by atoms with E-state index in [1.807, 2.05) is 6.92 Å². The van der Waals surface area contributed by atoms with E-state index < -0.39 is 0 Å². The zero-order valence-corrected chi connectivity index (χ0v) is 8.01. The Morgan fingerprint density at radius 2 is 1.67 bits per heavy atom. The van der Waals surface area contributed by atoms with Gasteiger partial charge in [0.1, 0.15) is 5.78 Å². The quantitative estimate of drug-likeness (QED) is 0.570.